The molecule has 3 rings (SSSR count). The van der Waals surface area contributed by atoms with Crippen LogP contribution in [-0.4, -0.2) is 26.6 Å². The summed E-state index contributed by atoms with van der Waals surface area (Å²) in [6.07, 6.45) is 1.78. The smallest absolute Gasteiger partial charge is 0.278 e. The van der Waals surface area contributed by atoms with Crippen molar-refractivity contribution >= 4 is 44.2 Å². The Balaban J connectivity index is 1.84. The lowest BCUT2D eigenvalue weighted by atomic mass is 10.3. The topological polar surface area (TPSA) is 88.9 Å². The molecular weight excluding hydrogens is 314 g/mol. The van der Waals surface area contributed by atoms with Crippen LogP contribution in [0.5, 0.6) is 0 Å². The Morgan fingerprint density at radius 2 is 2.04 bits per heavy atom. The first-order valence-electron chi connectivity index (χ1n) is 6.92. The van der Waals surface area contributed by atoms with Gasteiger partial charge in [-0.1, -0.05) is 11.3 Å². The molecule has 2 heterocycles. The molecule has 0 spiro atoms. The minimum atomic E-state index is -0.288. The van der Waals surface area contributed by atoms with E-state index in [0.717, 1.165) is 15.8 Å². The van der Waals surface area contributed by atoms with E-state index in [1.54, 1.807) is 30.1 Å². The molecule has 7 nitrogen and oxygen atoms in total. The van der Waals surface area contributed by atoms with Crippen LogP contribution in [0, 0.1) is 6.92 Å². The monoisotopic (exact) mass is 329 g/mol. The van der Waals surface area contributed by atoms with Gasteiger partial charge in [-0.05, 0) is 25.1 Å². The Labute approximate surface area is 136 Å². The Morgan fingerprint density at radius 3 is 2.70 bits per heavy atom. The lowest BCUT2D eigenvalue weighted by molar-refractivity contribution is -0.114. The van der Waals surface area contributed by atoms with Crippen LogP contribution in [0.1, 0.15) is 23.0 Å². The Morgan fingerprint density at radius 1 is 1.26 bits per heavy atom. The van der Waals surface area contributed by atoms with Crippen LogP contribution in [0.15, 0.2) is 24.4 Å². The van der Waals surface area contributed by atoms with Crippen molar-refractivity contribution in [3.63, 3.8) is 0 Å². The standard InChI is InChI=1S/C15H15N5O2S/c1-8-7-20(3)19-13(8)14(22)18-15-17-11-5-4-10(16-9(2)21)6-12(11)23-15/h4-7H,1-3H3,(H,16,21)(H,17,18,22). The molecule has 0 bridgehead atoms. The fraction of sp³-hybridized carbons (Fsp3) is 0.200. The number of hydrogen-bond donors (Lipinski definition) is 2. The number of hydrogen-bond acceptors (Lipinski definition) is 5. The van der Waals surface area contributed by atoms with Gasteiger partial charge in [-0.25, -0.2) is 4.98 Å². The average Bonchev–Trinajstić information content (AvgIpc) is 2.99. The third-order valence-corrected chi connectivity index (χ3v) is 4.09. The van der Waals surface area contributed by atoms with E-state index in [9.17, 15) is 9.59 Å². The van der Waals surface area contributed by atoms with Crippen LogP contribution in [-0.2, 0) is 11.8 Å². The zero-order valence-electron chi connectivity index (χ0n) is 12.9. The van der Waals surface area contributed by atoms with Crippen LogP contribution in [0.2, 0.25) is 0 Å². The first kappa shape index (κ1) is 15.2. The summed E-state index contributed by atoms with van der Waals surface area (Å²) >= 11 is 1.35. The SMILES string of the molecule is CC(=O)Nc1ccc2nc(NC(=O)c3nn(C)cc3C)sc2c1. The summed E-state index contributed by atoms with van der Waals surface area (Å²) in [7, 11) is 1.77. The number of fused-ring (bicyclic) bond motifs is 1. The molecule has 118 valence electrons. The fourth-order valence-electron chi connectivity index (χ4n) is 2.25. The second-order valence-corrected chi connectivity index (χ2v) is 6.20. The van der Waals surface area contributed by atoms with E-state index in [-0.39, 0.29) is 11.8 Å². The van der Waals surface area contributed by atoms with Crippen molar-refractivity contribution in [1.82, 2.24) is 14.8 Å². The summed E-state index contributed by atoms with van der Waals surface area (Å²) < 4.78 is 2.48. The maximum atomic E-state index is 12.3. The number of nitrogens with zero attached hydrogens (tertiary/aromatic N) is 3. The van der Waals surface area contributed by atoms with Gasteiger partial charge in [0.05, 0.1) is 10.2 Å². The minimum Gasteiger partial charge on any atom is -0.326 e. The van der Waals surface area contributed by atoms with Crippen LogP contribution >= 0.6 is 11.3 Å². The summed E-state index contributed by atoms with van der Waals surface area (Å²) in [6.45, 7) is 3.29. The van der Waals surface area contributed by atoms with Crippen molar-refractivity contribution in [2.24, 2.45) is 7.05 Å². The van der Waals surface area contributed by atoms with Crippen molar-refractivity contribution in [3.8, 4) is 0 Å². The summed E-state index contributed by atoms with van der Waals surface area (Å²) in [5, 5.41) is 10.1. The summed E-state index contributed by atoms with van der Waals surface area (Å²) in [5.41, 5.74) is 2.65. The molecule has 2 amide bonds. The number of anilines is 2. The van der Waals surface area contributed by atoms with E-state index < -0.39 is 0 Å². The average molecular weight is 329 g/mol. The molecule has 0 unspecified atom stereocenters. The number of aryl methyl sites for hydroxylation is 2. The lowest BCUT2D eigenvalue weighted by Gasteiger charge is -1.99. The molecule has 0 aliphatic heterocycles. The van der Waals surface area contributed by atoms with Crippen LogP contribution in [0.25, 0.3) is 10.2 Å². The fourth-order valence-corrected chi connectivity index (χ4v) is 3.15. The van der Waals surface area contributed by atoms with Gasteiger partial charge in [0.15, 0.2) is 10.8 Å². The third-order valence-electron chi connectivity index (χ3n) is 3.16. The molecular formula is C15H15N5O2S. The van der Waals surface area contributed by atoms with E-state index in [4.69, 9.17) is 0 Å². The highest BCUT2D eigenvalue weighted by Crippen LogP contribution is 2.28. The molecule has 0 aliphatic rings. The molecule has 1 aromatic carbocycles. The minimum absolute atomic E-state index is 0.131. The molecule has 23 heavy (non-hydrogen) atoms. The van der Waals surface area contributed by atoms with Crippen molar-refractivity contribution in [3.05, 3.63) is 35.7 Å². The second kappa shape index (κ2) is 5.81. The predicted molar refractivity (Wildman–Crippen MR) is 89.8 cm³/mol. The quantitative estimate of drug-likeness (QED) is 0.773. The first-order valence-corrected chi connectivity index (χ1v) is 7.74. The van der Waals surface area contributed by atoms with Gasteiger partial charge >= 0.3 is 0 Å². The van der Waals surface area contributed by atoms with Crippen LogP contribution in [0.3, 0.4) is 0 Å². The van der Waals surface area contributed by atoms with Gasteiger partial charge in [0.2, 0.25) is 5.91 Å². The number of thiazole rings is 1. The molecule has 3 aromatic rings. The lowest BCUT2D eigenvalue weighted by Crippen LogP contribution is -2.13. The molecule has 0 saturated carbocycles. The predicted octanol–water partition coefficient (Wildman–Crippen LogP) is 2.55. The molecule has 0 saturated heterocycles. The number of nitrogens with one attached hydrogen (secondary N) is 2. The van der Waals surface area contributed by atoms with Gasteiger partial charge < -0.3 is 5.32 Å². The van der Waals surface area contributed by atoms with E-state index in [1.165, 1.54) is 18.3 Å². The summed E-state index contributed by atoms with van der Waals surface area (Å²) in [5.74, 6) is -0.419. The third kappa shape index (κ3) is 3.21. The molecule has 0 atom stereocenters. The van der Waals surface area contributed by atoms with Gasteiger partial charge in [0.1, 0.15) is 0 Å². The largest absolute Gasteiger partial charge is 0.326 e. The molecule has 0 radical (unpaired) electrons. The van der Waals surface area contributed by atoms with Crippen LogP contribution in [0.4, 0.5) is 10.8 Å². The van der Waals surface area contributed by atoms with Gasteiger partial charge in [0, 0.05) is 31.4 Å². The molecule has 2 aromatic heterocycles. The van der Waals surface area contributed by atoms with Crippen molar-refractivity contribution < 1.29 is 9.59 Å². The van der Waals surface area contributed by atoms with Crippen LogP contribution < -0.4 is 10.6 Å². The highest BCUT2D eigenvalue weighted by molar-refractivity contribution is 7.22. The number of carbonyl (C=O) groups is 2. The summed E-state index contributed by atoms with van der Waals surface area (Å²) in [6, 6.07) is 5.41. The maximum absolute atomic E-state index is 12.3. The number of benzene rings is 1. The first-order chi connectivity index (χ1) is 10.9. The highest BCUT2D eigenvalue weighted by atomic mass is 32.1. The number of carbonyl (C=O) groups excluding carboxylic acids is 2. The molecule has 2 N–H and O–H groups in total. The second-order valence-electron chi connectivity index (χ2n) is 5.17. The van der Waals surface area contributed by atoms with Crippen molar-refractivity contribution in [2.45, 2.75) is 13.8 Å². The van der Waals surface area contributed by atoms with Gasteiger partial charge in [0.25, 0.3) is 5.91 Å². The van der Waals surface area contributed by atoms with E-state index in [1.807, 2.05) is 13.0 Å². The van der Waals surface area contributed by atoms with E-state index in [2.05, 4.69) is 20.7 Å². The normalized spacial score (nSPS) is 10.7. The van der Waals surface area contributed by atoms with E-state index in [0.29, 0.717) is 16.5 Å². The highest BCUT2D eigenvalue weighted by Gasteiger charge is 2.15. The Hall–Kier alpha value is -2.74. The Kier molecular flexibility index (Phi) is 3.83. The summed E-state index contributed by atoms with van der Waals surface area (Å²) in [4.78, 5) is 27.7. The number of amides is 2. The zero-order chi connectivity index (χ0) is 16.6. The van der Waals surface area contributed by atoms with Crippen molar-refractivity contribution in [1.29, 1.82) is 0 Å². The molecule has 8 heteroatoms. The van der Waals surface area contributed by atoms with Gasteiger partial charge in [-0.3, -0.25) is 19.6 Å². The number of aromatic nitrogens is 3. The zero-order valence-corrected chi connectivity index (χ0v) is 13.7. The number of rotatable bonds is 3. The Bertz CT molecular complexity index is 912. The van der Waals surface area contributed by atoms with E-state index >= 15 is 0 Å². The van der Waals surface area contributed by atoms with Gasteiger partial charge in [-0.15, -0.1) is 0 Å². The molecule has 0 fully saturated rings. The maximum Gasteiger partial charge on any atom is 0.278 e. The van der Waals surface area contributed by atoms with Gasteiger partial charge in [-0.2, -0.15) is 5.10 Å². The molecule has 0 aliphatic carbocycles. The van der Waals surface area contributed by atoms with Crippen molar-refractivity contribution in [2.75, 3.05) is 10.6 Å².